The van der Waals surface area contributed by atoms with Gasteiger partial charge in [-0.15, -0.1) is 0 Å². The van der Waals surface area contributed by atoms with Crippen LogP contribution in [0.5, 0.6) is 11.5 Å². The van der Waals surface area contributed by atoms with Crippen LogP contribution in [0, 0.1) is 10.1 Å². The third-order valence-corrected chi connectivity index (χ3v) is 3.22. The normalized spacial score (nSPS) is 12.8. The lowest BCUT2D eigenvalue weighted by atomic mass is 10.1. The van der Waals surface area contributed by atoms with E-state index in [9.17, 15) is 10.1 Å². The van der Waals surface area contributed by atoms with E-state index in [0.717, 1.165) is 5.69 Å². The molecule has 0 atom stereocenters. The highest BCUT2D eigenvalue weighted by Gasteiger charge is 2.17. The topological polar surface area (TPSA) is 73.6 Å². The highest BCUT2D eigenvalue weighted by Crippen LogP contribution is 2.37. The van der Waals surface area contributed by atoms with E-state index in [1.54, 1.807) is 18.2 Å². The number of benzene rings is 2. The van der Waals surface area contributed by atoms with Crippen LogP contribution in [0.1, 0.15) is 5.56 Å². The van der Waals surface area contributed by atoms with E-state index in [-0.39, 0.29) is 10.6 Å². The summed E-state index contributed by atoms with van der Waals surface area (Å²) >= 11 is 0. The van der Waals surface area contributed by atoms with Gasteiger partial charge in [-0.05, 0) is 12.1 Å². The van der Waals surface area contributed by atoms with E-state index in [1.807, 2.05) is 18.2 Å². The van der Waals surface area contributed by atoms with Crippen molar-refractivity contribution in [3.05, 3.63) is 58.1 Å². The van der Waals surface area contributed by atoms with Crippen molar-refractivity contribution in [2.75, 3.05) is 18.5 Å². The first kappa shape index (κ1) is 13.2. The minimum absolute atomic E-state index is 0.104. The molecule has 0 spiro atoms. The van der Waals surface area contributed by atoms with E-state index < -0.39 is 0 Å². The third kappa shape index (κ3) is 2.74. The number of rotatable bonds is 4. The van der Waals surface area contributed by atoms with Crippen LogP contribution in [0.15, 0.2) is 42.5 Å². The Balaban J connectivity index is 1.81. The van der Waals surface area contributed by atoms with Gasteiger partial charge in [0.25, 0.3) is 5.69 Å². The van der Waals surface area contributed by atoms with Gasteiger partial charge < -0.3 is 14.8 Å². The molecule has 0 radical (unpaired) electrons. The molecule has 108 valence electrons. The van der Waals surface area contributed by atoms with Crippen molar-refractivity contribution in [2.24, 2.45) is 0 Å². The maximum Gasteiger partial charge on any atom is 0.274 e. The molecular formula is C15H14N2O4. The number of anilines is 1. The van der Waals surface area contributed by atoms with Crippen molar-refractivity contribution in [1.29, 1.82) is 0 Å². The Hall–Kier alpha value is -2.76. The van der Waals surface area contributed by atoms with Crippen LogP contribution < -0.4 is 14.8 Å². The zero-order valence-electron chi connectivity index (χ0n) is 11.2. The Morgan fingerprint density at radius 2 is 1.90 bits per heavy atom. The highest BCUT2D eigenvalue weighted by molar-refractivity contribution is 5.64. The van der Waals surface area contributed by atoms with Crippen LogP contribution in [0.25, 0.3) is 0 Å². The predicted octanol–water partition coefficient (Wildman–Crippen LogP) is 2.98. The number of hydrogen-bond donors (Lipinski definition) is 1. The monoisotopic (exact) mass is 286 g/mol. The molecule has 2 aromatic carbocycles. The Morgan fingerprint density at radius 3 is 2.76 bits per heavy atom. The summed E-state index contributed by atoms with van der Waals surface area (Å²) in [5.74, 6) is 1.34. The number of nitrogens with one attached hydrogen (secondary N) is 1. The van der Waals surface area contributed by atoms with Gasteiger partial charge in [0.1, 0.15) is 13.2 Å². The van der Waals surface area contributed by atoms with E-state index in [4.69, 9.17) is 9.47 Å². The lowest BCUT2D eigenvalue weighted by Crippen LogP contribution is -2.16. The number of hydrogen-bond acceptors (Lipinski definition) is 5. The summed E-state index contributed by atoms with van der Waals surface area (Å²) in [6.45, 7) is 1.37. The maximum atomic E-state index is 11.0. The number of nitrogens with zero attached hydrogens (tertiary/aromatic N) is 1. The molecule has 6 nitrogen and oxygen atoms in total. The lowest BCUT2D eigenvalue weighted by molar-refractivity contribution is -0.385. The number of para-hydroxylation sites is 2. The molecule has 1 aliphatic rings. The van der Waals surface area contributed by atoms with Gasteiger partial charge in [-0.1, -0.05) is 24.3 Å². The molecule has 2 aromatic rings. The van der Waals surface area contributed by atoms with E-state index in [0.29, 0.717) is 36.8 Å². The molecule has 0 saturated heterocycles. The molecule has 3 rings (SSSR count). The summed E-state index contributed by atoms with van der Waals surface area (Å²) < 4.78 is 11.1. The first-order chi connectivity index (χ1) is 10.3. The van der Waals surface area contributed by atoms with Gasteiger partial charge in [-0.2, -0.15) is 0 Å². The van der Waals surface area contributed by atoms with E-state index >= 15 is 0 Å². The first-order valence-electron chi connectivity index (χ1n) is 6.60. The molecule has 0 aliphatic carbocycles. The van der Waals surface area contributed by atoms with Crippen molar-refractivity contribution in [3.63, 3.8) is 0 Å². The molecular weight excluding hydrogens is 272 g/mol. The summed E-state index contributed by atoms with van der Waals surface area (Å²) in [7, 11) is 0. The Kier molecular flexibility index (Phi) is 3.59. The molecule has 21 heavy (non-hydrogen) atoms. The Labute approximate surface area is 121 Å². The summed E-state index contributed by atoms with van der Waals surface area (Å²) in [5.41, 5.74) is 1.49. The molecule has 0 aromatic heterocycles. The van der Waals surface area contributed by atoms with Gasteiger partial charge in [0.2, 0.25) is 0 Å². The fourth-order valence-corrected chi connectivity index (χ4v) is 2.24. The van der Waals surface area contributed by atoms with Crippen molar-refractivity contribution < 1.29 is 14.4 Å². The van der Waals surface area contributed by atoms with Crippen LogP contribution >= 0.6 is 0 Å². The van der Waals surface area contributed by atoms with Crippen LogP contribution in [0.4, 0.5) is 11.4 Å². The predicted molar refractivity (Wildman–Crippen MR) is 77.9 cm³/mol. The SMILES string of the molecule is O=[N+]([O-])c1ccccc1CNc1cccc2c1OCCO2. The Bertz CT molecular complexity index is 672. The number of fused-ring (bicyclic) bond motifs is 1. The summed E-state index contributed by atoms with van der Waals surface area (Å²) in [6.07, 6.45) is 0. The fourth-order valence-electron chi connectivity index (χ4n) is 2.24. The average molecular weight is 286 g/mol. The van der Waals surface area contributed by atoms with Crippen molar-refractivity contribution in [1.82, 2.24) is 0 Å². The number of nitro benzene ring substituents is 1. The average Bonchev–Trinajstić information content (AvgIpc) is 2.53. The zero-order chi connectivity index (χ0) is 14.7. The lowest BCUT2D eigenvalue weighted by Gasteiger charge is -2.21. The van der Waals surface area contributed by atoms with Crippen molar-refractivity contribution >= 4 is 11.4 Å². The minimum atomic E-state index is -0.378. The Morgan fingerprint density at radius 1 is 1.10 bits per heavy atom. The molecule has 0 bridgehead atoms. The second-order valence-corrected chi connectivity index (χ2v) is 4.57. The number of ether oxygens (including phenoxy) is 2. The standard InChI is InChI=1S/C15H14N2O4/c18-17(19)13-6-2-1-4-11(13)10-16-12-5-3-7-14-15(12)21-9-8-20-14/h1-7,16H,8-10H2. The second kappa shape index (κ2) is 5.70. The molecule has 0 unspecified atom stereocenters. The van der Waals surface area contributed by atoms with E-state index in [2.05, 4.69) is 5.32 Å². The first-order valence-corrected chi connectivity index (χ1v) is 6.60. The van der Waals surface area contributed by atoms with Gasteiger partial charge in [-0.25, -0.2) is 0 Å². The molecule has 1 aliphatic heterocycles. The van der Waals surface area contributed by atoms with Gasteiger partial charge >= 0.3 is 0 Å². The quantitative estimate of drug-likeness (QED) is 0.691. The van der Waals surface area contributed by atoms with Crippen molar-refractivity contribution in [2.45, 2.75) is 6.54 Å². The number of nitro groups is 1. The molecule has 1 heterocycles. The van der Waals surface area contributed by atoms with Crippen LogP contribution in [-0.2, 0) is 6.54 Å². The molecule has 0 saturated carbocycles. The molecule has 0 amide bonds. The summed E-state index contributed by atoms with van der Waals surface area (Å²) in [5, 5.41) is 14.2. The second-order valence-electron chi connectivity index (χ2n) is 4.57. The van der Waals surface area contributed by atoms with Crippen molar-refractivity contribution in [3.8, 4) is 11.5 Å². The van der Waals surface area contributed by atoms with Crippen LogP contribution in [-0.4, -0.2) is 18.1 Å². The largest absolute Gasteiger partial charge is 0.486 e. The van der Waals surface area contributed by atoms with E-state index in [1.165, 1.54) is 6.07 Å². The van der Waals surface area contributed by atoms with Crippen LogP contribution in [0.3, 0.4) is 0 Å². The van der Waals surface area contributed by atoms with Gasteiger partial charge in [-0.3, -0.25) is 10.1 Å². The van der Waals surface area contributed by atoms with Gasteiger partial charge in [0.05, 0.1) is 10.6 Å². The maximum absolute atomic E-state index is 11.0. The van der Waals surface area contributed by atoms with Gasteiger partial charge in [0.15, 0.2) is 11.5 Å². The smallest absolute Gasteiger partial charge is 0.274 e. The fraction of sp³-hybridized carbons (Fsp3) is 0.200. The minimum Gasteiger partial charge on any atom is -0.486 e. The molecule has 0 fully saturated rings. The molecule has 1 N–H and O–H groups in total. The van der Waals surface area contributed by atoms with Gasteiger partial charge in [0, 0.05) is 18.2 Å². The third-order valence-electron chi connectivity index (χ3n) is 3.22. The summed E-state index contributed by atoms with van der Waals surface area (Å²) in [4.78, 5) is 10.6. The van der Waals surface area contributed by atoms with Crippen LogP contribution in [0.2, 0.25) is 0 Å². The zero-order valence-corrected chi connectivity index (χ0v) is 11.2. The highest BCUT2D eigenvalue weighted by atomic mass is 16.6. The summed E-state index contributed by atoms with van der Waals surface area (Å²) in [6, 6.07) is 12.2. The molecule has 6 heteroatoms.